The Morgan fingerprint density at radius 3 is 3.04 bits per heavy atom. The zero-order chi connectivity index (χ0) is 18.4. The van der Waals surface area contributed by atoms with Gasteiger partial charge in [-0.15, -0.1) is 0 Å². The molecule has 1 aromatic carbocycles. The molecule has 26 heavy (non-hydrogen) atoms. The molecule has 7 heteroatoms. The van der Waals surface area contributed by atoms with Crippen LogP contribution in [-0.4, -0.2) is 34.0 Å². The van der Waals surface area contributed by atoms with Crippen molar-refractivity contribution < 1.29 is 9.32 Å². The van der Waals surface area contributed by atoms with Crippen LogP contribution in [0.1, 0.15) is 43.0 Å². The minimum atomic E-state index is 0.0783. The Hall–Kier alpha value is -1.92. The average molecular weight is 377 g/mol. The van der Waals surface area contributed by atoms with Crippen molar-refractivity contribution in [2.45, 2.75) is 45.7 Å². The summed E-state index contributed by atoms with van der Waals surface area (Å²) in [5.41, 5.74) is 0.946. The van der Waals surface area contributed by atoms with E-state index in [-0.39, 0.29) is 5.91 Å². The summed E-state index contributed by atoms with van der Waals surface area (Å²) in [6, 6.07) is 7.58. The SMILES string of the molecule is Cc1noc(CN2CCCC(CCC(=O)NCc3ccccc3Cl)C2)n1. The number of amides is 1. The summed E-state index contributed by atoms with van der Waals surface area (Å²) in [5, 5.41) is 7.49. The van der Waals surface area contributed by atoms with Gasteiger partial charge in [-0.1, -0.05) is 35.0 Å². The quantitative estimate of drug-likeness (QED) is 0.802. The number of benzene rings is 1. The number of hydrogen-bond acceptors (Lipinski definition) is 5. The number of carbonyl (C=O) groups is 1. The van der Waals surface area contributed by atoms with E-state index in [2.05, 4.69) is 20.4 Å². The van der Waals surface area contributed by atoms with Crippen LogP contribution in [0.4, 0.5) is 0 Å². The van der Waals surface area contributed by atoms with E-state index in [9.17, 15) is 4.79 Å². The van der Waals surface area contributed by atoms with Gasteiger partial charge < -0.3 is 9.84 Å². The molecular formula is C19H25ClN4O2. The number of likely N-dealkylation sites (tertiary alicyclic amines) is 1. The van der Waals surface area contributed by atoms with Gasteiger partial charge in [0.25, 0.3) is 0 Å². The van der Waals surface area contributed by atoms with Gasteiger partial charge in [0.15, 0.2) is 5.82 Å². The second-order valence-corrected chi connectivity index (χ2v) is 7.29. The van der Waals surface area contributed by atoms with E-state index in [0.717, 1.165) is 37.9 Å². The molecule has 0 aliphatic carbocycles. The molecule has 1 saturated heterocycles. The van der Waals surface area contributed by atoms with Crippen LogP contribution in [-0.2, 0) is 17.9 Å². The standard InChI is InChI=1S/C19H25ClN4O2/c1-14-22-19(26-23-14)13-24-10-4-5-15(12-24)8-9-18(25)21-11-16-6-2-3-7-17(16)20/h2-3,6-7,15H,4-5,8-13H2,1H3,(H,21,25). The van der Waals surface area contributed by atoms with Crippen molar-refractivity contribution in [1.29, 1.82) is 0 Å². The second-order valence-electron chi connectivity index (χ2n) is 6.89. The Labute approximate surface area is 158 Å². The lowest BCUT2D eigenvalue weighted by Gasteiger charge is -2.31. The molecule has 0 bridgehead atoms. The van der Waals surface area contributed by atoms with Gasteiger partial charge in [0, 0.05) is 24.5 Å². The molecule has 1 fully saturated rings. The van der Waals surface area contributed by atoms with Crippen molar-refractivity contribution in [3.05, 3.63) is 46.6 Å². The molecule has 0 radical (unpaired) electrons. The lowest BCUT2D eigenvalue weighted by atomic mass is 9.93. The van der Waals surface area contributed by atoms with Crippen LogP contribution in [0.3, 0.4) is 0 Å². The minimum absolute atomic E-state index is 0.0783. The lowest BCUT2D eigenvalue weighted by Crippen LogP contribution is -2.35. The van der Waals surface area contributed by atoms with Crippen molar-refractivity contribution >= 4 is 17.5 Å². The summed E-state index contributed by atoms with van der Waals surface area (Å²) < 4.78 is 5.21. The molecule has 0 saturated carbocycles. The fourth-order valence-electron chi connectivity index (χ4n) is 3.39. The van der Waals surface area contributed by atoms with Crippen LogP contribution < -0.4 is 5.32 Å². The number of halogens is 1. The highest BCUT2D eigenvalue weighted by atomic mass is 35.5. The highest BCUT2D eigenvalue weighted by Gasteiger charge is 2.22. The van der Waals surface area contributed by atoms with Crippen molar-refractivity contribution in [2.75, 3.05) is 13.1 Å². The summed E-state index contributed by atoms with van der Waals surface area (Å²) in [6.45, 7) is 5.00. The summed E-state index contributed by atoms with van der Waals surface area (Å²) in [4.78, 5) is 18.8. The zero-order valence-corrected chi connectivity index (χ0v) is 15.8. The Balaban J connectivity index is 1.39. The third kappa shape index (κ3) is 5.54. The maximum atomic E-state index is 12.1. The molecule has 1 N–H and O–H groups in total. The largest absolute Gasteiger partial charge is 0.352 e. The summed E-state index contributed by atoms with van der Waals surface area (Å²) >= 11 is 6.12. The normalized spacial score (nSPS) is 18.0. The monoisotopic (exact) mass is 376 g/mol. The number of aryl methyl sites for hydroxylation is 1. The third-order valence-corrected chi connectivity index (χ3v) is 5.11. The maximum Gasteiger partial charge on any atom is 0.240 e. The van der Waals surface area contributed by atoms with Crippen LogP contribution in [0.15, 0.2) is 28.8 Å². The average Bonchev–Trinajstić information content (AvgIpc) is 3.04. The first kappa shape index (κ1) is 18.9. The number of hydrogen-bond donors (Lipinski definition) is 1. The van der Waals surface area contributed by atoms with Crippen LogP contribution in [0.25, 0.3) is 0 Å². The number of nitrogens with one attached hydrogen (secondary N) is 1. The molecule has 1 aromatic heterocycles. The first-order valence-electron chi connectivity index (χ1n) is 9.12. The third-order valence-electron chi connectivity index (χ3n) is 4.75. The van der Waals surface area contributed by atoms with E-state index in [4.69, 9.17) is 16.1 Å². The van der Waals surface area contributed by atoms with Gasteiger partial charge in [0.2, 0.25) is 11.8 Å². The molecular weight excluding hydrogens is 352 g/mol. The van der Waals surface area contributed by atoms with Gasteiger partial charge in [-0.05, 0) is 50.3 Å². The number of carbonyl (C=O) groups excluding carboxylic acids is 1. The van der Waals surface area contributed by atoms with Crippen molar-refractivity contribution in [1.82, 2.24) is 20.4 Å². The molecule has 1 amide bonds. The van der Waals surface area contributed by atoms with Crippen LogP contribution in [0.5, 0.6) is 0 Å². The fourth-order valence-corrected chi connectivity index (χ4v) is 3.59. The maximum absolute atomic E-state index is 12.1. The van der Waals surface area contributed by atoms with E-state index < -0.39 is 0 Å². The molecule has 2 aromatic rings. The topological polar surface area (TPSA) is 71.3 Å². The van der Waals surface area contributed by atoms with Gasteiger partial charge in [-0.25, -0.2) is 0 Å². The molecule has 1 aliphatic rings. The smallest absolute Gasteiger partial charge is 0.240 e. The van der Waals surface area contributed by atoms with E-state index in [1.807, 2.05) is 31.2 Å². The van der Waals surface area contributed by atoms with Crippen molar-refractivity contribution in [3.8, 4) is 0 Å². The highest BCUT2D eigenvalue weighted by molar-refractivity contribution is 6.31. The molecule has 1 atom stereocenters. The Morgan fingerprint density at radius 2 is 2.27 bits per heavy atom. The molecule has 140 valence electrons. The second kappa shape index (κ2) is 9.14. The Bertz CT molecular complexity index is 734. The van der Waals surface area contributed by atoms with Gasteiger partial charge in [-0.3, -0.25) is 9.69 Å². The predicted molar refractivity (Wildman–Crippen MR) is 99.6 cm³/mol. The van der Waals surface area contributed by atoms with Gasteiger partial charge in [-0.2, -0.15) is 4.98 Å². The van der Waals surface area contributed by atoms with Gasteiger partial charge >= 0.3 is 0 Å². The Kier molecular flexibility index (Phi) is 6.63. The van der Waals surface area contributed by atoms with Crippen molar-refractivity contribution in [3.63, 3.8) is 0 Å². The molecule has 3 rings (SSSR count). The molecule has 1 aliphatic heterocycles. The van der Waals surface area contributed by atoms with E-state index in [0.29, 0.717) is 42.2 Å². The van der Waals surface area contributed by atoms with E-state index in [1.165, 1.54) is 0 Å². The van der Waals surface area contributed by atoms with Crippen molar-refractivity contribution in [2.24, 2.45) is 5.92 Å². The van der Waals surface area contributed by atoms with E-state index in [1.54, 1.807) is 0 Å². The Morgan fingerprint density at radius 1 is 1.42 bits per heavy atom. The number of piperidine rings is 1. The van der Waals surface area contributed by atoms with E-state index >= 15 is 0 Å². The summed E-state index contributed by atoms with van der Waals surface area (Å²) in [7, 11) is 0. The summed E-state index contributed by atoms with van der Waals surface area (Å²) in [5.74, 6) is 1.94. The molecule has 1 unspecified atom stereocenters. The van der Waals surface area contributed by atoms with Crippen LogP contribution in [0, 0.1) is 12.8 Å². The first-order chi connectivity index (χ1) is 12.6. The predicted octanol–water partition coefficient (Wildman–Crippen LogP) is 3.34. The number of nitrogens with zero attached hydrogens (tertiary/aromatic N) is 3. The van der Waals surface area contributed by atoms with Crippen LogP contribution in [0.2, 0.25) is 5.02 Å². The first-order valence-corrected chi connectivity index (χ1v) is 9.49. The lowest BCUT2D eigenvalue weighted by molar-refractivity contribution is -0.121. The molecule has 0 spiro atoms. The minimum Gasteiger partial charge on any atom is -0.352 e. The molecule has 6 nitrogen and oxygen atoms in total. The fraction of sp³-hybridized carbons (Fsp3) is 0.526. The van der Waals surface area contributed by atoms with Crippen LogP contribution >= 0.6 is 11.6 Å². The van der Waals surface area contributed by atoms with Gasteiger partial charge in [0.05, 0.1) is 6.54 Å². The zero-order valence-electron chi connectivity index (χ0n) is 15.1. The number of aromatic nitrogens is 2. The highest BCUT2D eigenvalue weighted by Crippen LogP contribution is 2.22. The number of rotatable bonds is 7. The molecule has 2 heterocycles. The summed E-state index contributed by atoms with van der Waals surface area (Å²) in [6.07, 6.45) is 3.74. The van der Waals surface area contributed by atoms with Gasteiger partial charge in [0.1, 0.15) is 0 Å².